The number of rotatable bonds is 7. The van der Waals surface area contributed by atoms with Crippen molar-refractivity contribution in [1.82, 2.24) is 10.3 Å². The molecule has 1 aromatic rings. The van der Waals surface area contributed by atoms with E-state index in [2.05, 4.69) is 36.5 Å². The van der Waals surface area contributed by atoms with Crippen LogP contribution in [0.3, 0.4) is 0 Å². The molecule has 1 aromatic heterocycles. The maximum absolute atomic E-state index is 4.54. The smallest absolute Gasteiger partial charge is 0.0925 e. The van der Waals surface area contributed by atoms with Crippen LogP contribution in [0.4, 0.5) is 0 Å². The molecule has 1 N–H and O–H groups in total. The van der Waals surface area contributed by atoms with Gasteiger partial charge in [-0.2, -0.15) is 0 Å². The van der Waals surface area contributed by atoms with E-state index >= 15 is 0 Å². The lowest BCUT2D eigenvalue weighted by atomic mass is 10.1. The molecule has 0 bridgehead atoms. The van der Waals surface area contributed by atoms with E-state index in [1.54, 1.807) is 11.3 Å². The molecule has 1 unspecified atom stereocenters. The molecule has 0 amide bonds. The van der Waals surface area contributed by atoms with Gasteiger partial charge in [0.2, 0.25) is 0 Å². The zero-order valence-electron chi connectivity index (χ0n) is 10.0. The number of thiazole rings is 1. The maximum Gasteiger partial charge on any atom is 0.0925 e. The molecule has 86 valence electrons. The maximum atomic E-state index is 4.54. The van der Waals surface area contributed by atoms with Gasteiger partial charge in [0.15, 0.2) is 0 Å². The minimum absolute atomic E-state index is 0.784. The number of hydrogen-bond donors (Lipinski definition) is 1. The number of hydrogen-bond acceptors (Lipinski definition) is 3. The third kappa shape index (κ3) is 4.76. The summed E-state index contributed by atoms with van der Waals surface area (Å²) in [5, 5.41) is 6.92. The molecule has 1 rings (SSSR count). The van der Waals surface area contributed by atoms with E-state index in [0.29, 0.717) is 0 Å². The summed E-state index contributed by atoms with van der Waals surface area (Å²) in [7, 11) is 0. The van der Waals surface area contributed by atoms with Gasteiger partial charge in [0, 0.05) is 18.3 Å². The van der Waals surface area contributed by atoms with E-state index in [0.717, 1.165) is 31.8 Å². The standard InChI is InChI=1S/C12H22N2S/c1-4-10(3)8-13-7-6-11-9-15-12(5-2)14-11/h9-10,13H,4-8H2,1-3H3. The van der Waals surface area contributed by atoms with Crippen molar-refractivity contribution in [2.45, 2.75) is 40.0 Å². The zero-order valence-corrected chi connectivity index (χ0v) is 10.9. The fraction of sp³-hybridized carbons (Fsp3) is 0.750. The van der Waals surface area contributed by atoms with Gasteiger partial charge in [-0.05, 0) is 18.9 Å². The molecular formula is C12H22N2S. The van der Waals surface area contributed by atoms with E-state index in [4.69, 9.17) is 0 Å². The first-order valence-corrected chi connectivity index (χ1v) is 6.78. The first-order chi connectivity index (χ1) is 7.26. The topological polar surface area (TPSA) is 24.9 Å². The molecule has 0 saturated carbocycles. The summed E-state index contributed by atoms with van der Waals surface area (Å²) in [6, 6.07) is 0. The summed E-state index contributed by atoms with van der Waals surface area (Å²) in [6.07, 6.45) is 3.38. The van der Waals surface area contributed by atoms with Gasteiger partial charge < -0.3 is 5.32 Å². The van der Waals surface area contributed by atoms with Crippen LogP contribution in [0, 0.1) is 5.92 Å². The van der Waals surface area contributed by atoms with Crippen LogP contribution in [0.5, 0.6) is 0 Å². The van der Waals surface area contributed by atoms with Gasteiger partial charge in [0.1, 0.15) is 0 Å². The molecule has 3 heteroatoms. The van der Waals surface area contributed by atoms with Gasteiger partial charge in [-0.15, -0.1) is 11.3 Å². The fourth-order valence-electron chi connectivity index (χ4n) is 1.34. The Kier molecular flexibility index (Phi) is 5.88. The quantitative estimate of drug-likeness (QED) is 0.723. The lowest BCUT2D eigenvalue weighted by molar-refractivity contribution is 0.501. The normalized spacial score (nSPS) is 13.0. The van der Waals surface area contributed by atoms with Crippen molar-refractivity contribution in [1.29, 1.82) is 0 Å². The van der Waals surface area contributed by atoms with Crippen LogP contribution in [0.15, 0.2) is 5.38 Å². The van der Waals surface area contributed by atoms with Crippen molar-refractivity contribution >= 4 is 11.3 Å². The first-order valence-electron chi connectivity index (χ1n) is 5.90. The van der Waals surface area contributed by atoms with Gasteiger partial charge in [-0.25, -0.2) is 4.98 Å². The Labute approximate surface area is 97.1 Å². The second kappa shape index (κ2) is 6.96. The predicted octanol–water partition coefficient (Wildman–Crippen LogP) is 2.88. The molecule has 0 aliphatic rings. The van der Waals surface area contributed by atoms with Crippen molar-refractivity contribution in [2.24, 2.45) is 5.92 Å². The average Bonchev–Trinajstić information content (AvgIpc) is 2.72. The Morgan fingerprint density at radius 2 is 2.27 bits per heavy atom. The molecule has 0 spiro atoms. The third-order valence-electron chi connectivity index (χ3n) is 2.65. The van der Waals surface area contributed by atoms with Gasteiger partial charge in [-0.1, -0.05) is 27.2 Å². The lowest BCUT2D eigenvalue weighted by Crippen LogP contribution is -2.23. The number of nitrogens with zero attached hydrogens (tertiary/aromatic N) is 1. The molecule has 0 radical (unpaired) electrons. The average molecular weight is 226 g/mol. The molecule has 1 atom stereocenters. The second-order valence-electron chi connectivity index (χ2n) is 4.05. The highest BCUT2D eigenvalue weighted by atomic mass is 32.1. The SMILES string of the molecule is CCc1nc(CCNCC(C)CC)cs1. The molecule has 15 heavy (non-hydrogen) atoms. The Hall–Kier alpha value is -0.410. The van der Waals surface area contributed by atoms with Crippen LogP contribution in [-0.4, -0.2) is 18.1 Å². The summed E-state index contributed by atoms with van der Waals surface area (Å²) < 4.78 is 0. The van der Waals surface area contributed by atoms with Crippen LogP contribution in [0.1, 0.15) is 37.9 Å². The Balaban J connectivity index is 2.14. The largest absolute Gasteiger partial charge is 0.316 e. The lowest BCUT2D eigenvalue weighted by Gasteiger charge is -2.08. The van der Waals surface area contributed by atoms with E-state index in [1.165, 1.54) is 17.1 Å². The van der Waals surface area contributed by atoms with Crippen LogP contribution in [-0.2, 0) is 12.8 Å². The van der Waals surface area contributed by atoms with Crippen molar-refractivity contribution in [3.8, 4) is 0 Å². The number of nitrogens with one attached hydrogen (secondary N) is 1. The third-order valence-corrected chi connectivity index (χ3v) is 3.69. The summed E-state index contributed by atoms with van der Waals surface area (Å²) in [5.41, 5.74) is 1.24. The van der Waals surface area contributed by atoms with Gasteiger partial charge >= 0.3 is 0 Å². The zero-order chi connectivity index (χ0) is 11.1. The fourth-order valence-corrected chi connectivity index (χ4v) is 2.11. The van der Waals surface area contributed by atoms with Crippen molar-refractivity contribution in [3.63, 3.8) is 0 Å². The van der Waals surface area contributed by atoms with Gasteiger partial charge in [0.25, 0.3) is 0 Å². The van der Waals surface area contributed by atoms with Gasteiger partial charge in [-0.3, -0.25) is 0 Å². The molecule has 0 saturated heterocycles. The second-order valence-corrected chi connectivity index (χ2v) is 5.00. The Morgan fingerprint density at radius 1 is 1.47 bits per heavy atom. The molecule has 0 aromatic carbocycles. The van der Waals surface area contributed by atoms with E-state index < -0.39 is 0 Å². The van der Waals surface area contributed by atoms with Crippen molar-refractivity contribution in [2.75, 3.05) is 13.1 Å². The van der Waals surface area contributed by atoms with Crippen LogP contribution < -0.4 is 5.32 Å². The summed E-state index contributed by atoms with van der Waals surface area (Å²) in [4.78, 5) is 4.54. The molecule has 0 aliphatic carbocycles. The Morgan fingerprint density at radius 3 is 2.87 bits per heavy atom. The summed E-state index contributed by atoms with van der Waals surface area (Å²) >= 11 is 1.78. The molecule has 0 aliphatic heterocycles. The Bertz CT molecular complexity index is 270. The van der Waals surface area contributed by atoms with Crippen LogP contribution >= 0.6 is 11.3 Å². The predicted molar refractivity (Wildman–Crippen MR) is 67.5 cm³/mol. The van der Waals surface area contributed by atoms with E-state index in [-0.39, 0.29) is 0 Å². The number of aryl methyl sites for hydroxylation is 1. The van der Waals surface area contributed by atoms with Gasteiger partial charge in [0.05, 0.1) is 10.7 Å². The summed E-state index contributed by atoms with van der Waals surface area (Å²) in [6.45, 7) is 8.85. The molecule has 0 fully saturated rings. The molecular weight excluding hydrogens is 204 g/mol. The molecule has 1 heterocycles. The monoisotopic (exact) mass is 226 g/mol. The highest BCUT2D eigenvalue weighted by Crippen LogP contribution is 2.10. The van der Waals surface area contributed by atoms with E-state index in [1.807, 2.05) is 0 Å². The van der Waals surface area contributed by atoms with Crippen LogP contribution in [0.2, 0.25) is 0 Å². The minimum Gasteiger partial charge on any atom is -0.316 e. The minimum atomic E-state index is 0.784. The number of aromatic nitrogens is 1. The van der Waals surface area contributed by atoms with Crippen molar-refractivity contribution in [3.05, 3.63) is 16.1 Å². The first kappa shape index (κ1) is 12.7. The van der Waals surface area contributed by atoms with Crippen LogP contribution in [0.25, 0.3) is 0 Å². The highest BCUT2D eigenvalue weighted by molar-refractivity contribution is 7.09. The van der Waals surface area contributed by atoms with E-state index in [9.17, 15) is 0 Å². The highest BCUT2D eigenvalue weighted by Gasteiger charge is 2.01. The molecule has 2 nitrogen and oxygen atoms in total. The summed E-state index contributed by atoms with van der Waals surface area (Å²) in [5.74, 6) is 0.784. The van der Waals surface area contributed by atoms with Crippen molar-refractivity contribution < 1.29 is 0 Å².